The van der Waals surface area contributed by atoms with Gasteiger partial charge in [0.15, 0.2) is 0 Å². The number of fused-ring (bicyclic) bond motifs is 1. The highest BCUT2D eigenvalue weighted by molar-refractivity contribution is 6.02. The molecule has 0 radical (unpaired) electrons. The van der Waals surface area contributed by atoms with Crippen molar-refractivity contribution in [2.24, 2.45) is 0 Å². The number of imide groups is 1. The highest BCUT2D eigenvalue weighted by Gasteiger charge is 2.28. The molecule has 0 aliphatic carbocycles. The second-order valence-corrected chi connectivity index (χ2v) is 7.71. The lowest BCUT2D eigenvalue weighted by atomic mass is 10.0. The number of carbonyl (C=O) groups is 4. The van der Waals surface area contributed by atoms with Gasteiger partial charge in [-0.2, -0.15) is 0 Å². The van der Waals surface area contributed by atoms with Crippen molar-refractivity contribution in [3.63, 3.8) is 0 Å². The van der Waals surface area contributed by atoms with Crippen LogP contribution in [0.15, 0.2) is 66.7 Å². The zero-order chi connectivity index (χ0) is 22.5. The molecule has 0 aromatic heterocycles. The molecule has 1 saturated heterocycles. The Hall–Kier alpha value is -4.00. The number of benzene rings is 3. The van der Waals surface area contributed by atoms with E-state index < -0.39 is 0 Å². The van der Waals surface area contributed by atoms with Crippen molar-refractivity contribution in [1.29, 1.82) is 0 Å². The zero-order valence-electron chi connectivity index (χ0n) is 17.5. The van der Waals surface area contributed by atoms with E-state index >= 15 is 0 Å². The number of nitrogens with zero attached hydrogens (tertiary/aromatic N) is 1. The maximum absolute atomic E-state index is 12.3. The number of likely N-dealkylation sites (tertiary alicyclic amines) is 1. The SMILES string of the molecule is O=C(Cc1cccc2ccccc12)NCC(=O)Nc1ccc(CN2C(=O)CCC2=O)cc1. The highest BCUT2D eigenvalue weighted by Crippen LogP contribution is 2.19. The molecule has 0 unspecified atom stereocenters. The van der Waals surface area contributed by atoms with Gasteiger partial charge in [0.25, 0.3) is 0 Å². The summed E-state index contributed by atoms with van der Waals surface area (Å²) in [4.78, 5) is 49.2. The monoisotopic (exact) mass is 429 g/mol. The Labute approximate surface area is 185 Å². The molecule has 2 N–H and O–H groups in total. The van der Waals surface area contributed by atoms with Crippen LogP contribution in [-0.4, -0.2) is 35.1 Å². The maximum atomic E-state index is 12.3. The Balaban J connectivity index is 1.27. The van der Waals surface area contributed by atoms with E-state index in [2.05, 4.69) is 10.6 Å². The fourth-order valence-electron chi connectivity index (χ4n) is 3.74. The second kappa shape index (κ2) is 9.43. The zero-order valence-corrected chi connectivity index (χ0v) is 17.5. The number of hydrogen-bond donors (Lipinski definition) is 2. The van der Waals surface area contributed by atoms with E-state index in [0.29, 0.717) is 5.69 Å². The third-order valence-electron chi connectivity index (χ3n) is 5.41. The summed E-state index contributed by atoms with van der Waals surface area (Å²) in [6.07, 6.45) is 0.718. The smallest absolute Gasteiger partial charge is 0.243 e. The van der Waals surface area contributed by atoms with E-state index in [9.17, 15) is 19.2 Å². The Bertz CT molecular complexity index is 1170. The average molecular weight is 429 g/mol. The molecule has 4 rings (SSSR count). The molecule has 0 saturated carbocycles. The van der Waals surface area contributed by atoms with Gasteiger partial charge in [-0.25, -0.2) is 0 Å². The third-order valence-corrected chi connectivity index (χ3v) is 5.41. The van der Waals surface area contributed by atoms with E-state index in [1.165, 1.54) is 4.90 Å². The summed E-state index contributed by atoms with van der Waals surface area (Å²) in [7, 11) is 0. The van der Waals surface area contributed by atoms with Gasteiger partial charge in [-0.3, -0.25) is 24.1 Å². The van der Waals surface area contributed by atoms with Crippen molar-refractivity contribution in [2.45, 2.75) is 25.8 Å². The van der Waals surface area contributed by atoms with Gasteiger partial charge in [-0.1, -0.05) is 54.6 Å². The molecule has 3 aromatic rings. The summed E-state index contributed by atoms with van der Waals surface area (Å²) in [5.41, 5.74) is 2.28. The molecule has 1 aliphatic rings. The number of amides is 4. The summed E-state index contributed by atoms with van der Waals surface area (Å²) in [6.45, 7) is 0.0955. The van der Waals surface area contributed by atoms with Gasteiger partial charge in [-0.15, -0.1) is 0 Å². The first-order chi connectivity index (χ1) is 15.5. The minimum atomic E-state index is -0.339. The largest absolute Gasteiger partial charge is 0.347 e. The molecular weight excluding hydrogens is 406 g/mol. The van der Waals surface area contributed by atoms with Crippen LogP contribution in [0.3, 0.4) is 0 Å². The lowest BCUT2D eigenvalue weighted by Crippen LogP contribution is -2.33. The number of anilines is 1. The average Bonchev–Trinajstić information content (AvgIpc) is 3.11. The molecule has 7 nitrogen and oxygen atoms in total. The summed E-state index contributed by atoms with van der Waals surface area (Å²) >= 11 is 0. The van der Waals surface area contributed by atoms with Crippen molar-refractivity contribution in [3.05, 3.63) is 77.9 Å². The van der Waals surface area contributed by atoms with E-state index in [4.69, 9.17) is 0 Å². The summed E-state index contributed by atoms with van der Waals surface area (Å²) in [6, 6.07) is 20.6. The van der Waals surface area contributed by atoms with Crippen LogP contribution >= 0.6 is 0 Å². The maximum Gasteiger partial charge on any atom is 0.243 e. The van der Waals surface area contributed by atoms with Crippen molar-refractivity contribution < 1.29 is 19.2 Å². The molecule has 4 amide bonds. The van der Waals surface area contributed by atoms with Crippen LogP contribution in [0.25, 0.3) is 10.8 Å². The van der Waals surface area contributed by atoms with Crippen molar-refractivity contribution in [3.8, 4) is 0 Å². The topological polar surface area (TPSA) is 95.6 Å². The van der Waals surface area contributed by atoms with Gasteiger partial charge in [0.2, 0.25) is 23.6 Å². The first kappa shape index (κ1) is 21.2. The molecule has 0 atom stereocenters. The molecule has 0 spiro atoms. The Kier molecular flexibility index (Phi) is 6.26. The minimum Gasteiger partial charge on any atom is -0.347 e. The van der Waals surface area contributed by atoms with Crippen LogP contribution in [-0.2, 0) is 32.1 Å². The highest BCUT2D eigenvalue weighted by atomic mass is 16.2. The van der Waals surface area contributed by atoms with Crippen LogP contribution in [0.4, 0.5) is 5.69 Å². The fourth-order valence-corrected chi connectivity index (χ4v) is 3.74. The third kappa shape index (κ3) is 5.00. The molecule has 1 aliphatic heterocycles. The van der Waals surface area contributed by atoms with Crippen molar-refractivity contribution >= 4 is 40.1 Å². The first-order valence-corrected chi connectivity index (χ1v) is 10.4. The molecule has 1 fully saturated rings. The van der Waals surface area contributed by atoms with E-state index in [1.54, 1.807) is 24.3 Å². The second-order valence-electron chi connectivity index (χ2n) is 7.71. The Morgan fingerprint density at radius 1 is 0.812 bits per heavy atom. The fraction of sp³-hybridized carbons (Fsp3) is 0.200. The van der Waals surface area contributed by atoms with Crippen molar-refractivity contribution in [1.82, 2.24) is 10.2 Å². The Morgan fingerprint density at radius 2 is 1.50 bits per heavy atom. The predicted octanol–water partition coefficient (Wildman–Crippen LogP) is 2.79. The number of carbonyl (C=O) groups excluding carboxylic acids is 4. The predicted molar refractivity (Wildman–Crippen MR) is 121 cm³/mol. The van der Waals surface area contributed by atoms with E-state index in [1.807, 2.05) is 42.5 Å². The van der Waals surface area contributed by atoms with Crippen LogP contribution in [0.1, 0.15) is 24.0 Å². The van der Waals surface area contributed by atoms with Gasteiger partial charge >= 0.3 is 0 Å². The van der Waals surface area contributed by atoms with Gasteiger partial charge < -0.3 is 10.6 Å². The molecule has 32 heavy (non-hydrogen) atoms. The molecule has 162 valence electrons. The normalized spacial score (nSPS) is 13.4. The number of hydrogen-bond acceptors (Lipinski definition) is 4. The first-order valence-electron chi connectivity index (χ1n) is 10.4. The van der Waals surface area contributed by atoms with E-state index in [-0.39, 0.29) is 56.0 Å². The standard InChI is InChI=1S/C25H23N3O4/c29-22(14-19-6-3-5-18-4-1-2-7-21(18)19)26-15-23(30)27-20-10-8-17(9-11-20)16-28-24(31)12-13-25(28)32/h1-11H,12-16H2,(H,26,29)(H,27,30). The quantitative estimate of drug-likeness (QED) is 0.565. The summed E-state index contributed by atoms with van der Waals surface area (Å²) < 4.78 is 0. The molecule has 1 heterocycles. The lowest BCUT2D eigenvalue weighted by molar-refractivity contribution is -0.139. The van der Waals surface area contributed by atoms with Gasteiger partial charge in [-0.05, 0) is 34.0 Å². The van der Waals surface area contributed by atoms with Crippen LogP contribution < -0.4 is 10.6 Å². The molecule has 3 aromatic carbocycles. The summed E-state index contributed by atoms with van der Waals surface area (Å²) in [5.74, 6) is -0.890. The van der Waals surface area contributed by atoms with Gasteiger partial charge in [0, 0.05) is 18.5 Å². The number of nitrogens with one attached hydrogen (secondary N) is 2. The van der Waals surface area contributed by atoms with Gasteiger partial charge in [0.1, 0.15) is 0 Å². The van der Waals surface area contributed by atoms with E-state index in [0.717, 1.165) is 21.9 Å². The molecule has 7 heteroatoms. The minimum absolute atomic E-state index is 0.137. The van der Waals surface area contributed by atoms with Crippen molar-refractivity contribution in [2.75, 3.05) is 11.9 Å². The molecular formula is C25H23N3O4. The van der Waals surface area contributed by atoms with Crippen LogP contribution in [0.2, 0.25) is 0 Å². The van der Waals surface area contributed by atoms with Crippen LogP contribution in [0, 0.1) is 0 Å². The van der Waals surface area contributed by atoms with Crippen LogP contribution in [0.5, 0.6) is 0 Å². The Morgan fingerprint density at radius 3 is 2.25 bits per heavy atom. The summed E-state index contributed by atoms with van der Waals surface area (Å²) in [5, 5.41) is 7.47. The molecule has 0 bridgehead atoms. The van der Waals surface area contributed by atoms with Gasteiger partial charge in [0.05, 0.1) is 19.5 Å². The number of rotatable bonds is 7. The lowest BCUT2D eigenvalue weighted by Gasteiger charge is -2.14.